The molecule has 0 unspecified atom stereocenters. The van der Waals surface area contributed by atoms with Crippen LogP contribution in [0.15, 0.2) is 4.52 Å². The first kappa shape index (κ1) is 13.6. The van der Waals surface area contributed by atoms with E-state index >= 15 is 0 Å². The highest BCUT2D eigenvalue weighted by atomic mass is 16.5. The number of anilines is 1. The van der Waals surface area contributed by atoms with Crippen LogP contribution in [-0.4, -0.2) is 36.3 Å². The number of aromatic nitrogens is 2. The average Bonchev–Trinajstić information content (AvgIpc) is 2.84. The summed E-state index contributed by atoms with van der Waals surface area (Å²) >= 11 is 0. The molecule has 2 saturated carbocycles. The monoisotopic (exact) mass is 290 g/mol. The first-order chi connectivity index (χ1) is 10.4. The Balaban J connectivity index is 1.41. The molecule has 1 aromatic rings. The molecule has 4 rings (SSSR count). The maximum Gasteiger partial charge on any atom is 0.266 e. The second kappa shape index (κ2) is 5.95. The van der Waals surface area contributed by atoms with E-state index in [1.54, 1.807) is 0 Å². The number of rotatable bonds is 5. The van der Waals surface area contributed by atoms with Crippen LogP contribution in [0.2, 0.25) is 0 Å². The zero-order valence-corrected chi connectivity index (χ0v) is 12.8. The van der Waals surface area contributed by atoms with Crippen molar-refractivity contribution < 1.29 is 4.52 Å². The summed E-state index contributed by atoms with van der Waals surface area (Å²) in [7, 11) is 0. The predicted octanol–water partition coefficient (Wildman–Crippen LogP) is 2.24. The van der Waals surface area contributed by atoms with Gasteiger partial charge in [0.25, 0.3) is 5.95 Å². The van der Waals surface area contributed by atoms with E-state index in [1.807, 2.05) is 0 Å². The van der Waals surface area contributed by atoms with Gasteiger partial charge in [-0.05, 0) is 22.9 Å². The second-order valence-electron chi connectivity index (χ2n) is 6.98. The van der Waals surface area contributed by atoms with Crippen molar-refractivity contribution in [3.8, 4) is 0 Å². The second-order valence-corrected chi connectivity index (χ2v) is 6.98. The van der Waals surface area contributed by atoms with Gasteiger partial charge in [0, 0.05) is 32.6 Å². The molecular formula is C16H26N4O. The third-order valence-corrected chi connectivity index (χ3v) is 5.78. The maximum absolute atomic E-state index is 5.56. The third kappa shape index (κ3) is 2.80. The van der Waals surface area contributed by atoms with Crippen LogP contribution in [0.25, 0.3) is 0 Å². The van der Waals surface area contributed by atoms with Crippen molar-refractivity contribution in [1.29, 1.82) is 0 Å². The van der Waals surface area contributed by atoms with Crippen LogP contribution in [0.5, 0.6) is 0 Å². The number of nitrogens with zero attached hydrogens (tertiary/aromatic N) is 3. The summed E-state index contributed by atoms with van der Waals surface area (Å²) in [5, 5.41) is 7.57. The zero-order valence-electron chi connectivity index (χ0n) is 12.8. The molecule has 0 amide bonds. The highest BCUT2D eigenvalue weighted by Crippen LogP contribution is 2.45. The molecule has 2 aliphatic carbocycles. The Labute approximate surface area is 126 Å². The molecule has 0 bridgehead atoms. The number of piperazine rings is 1. The Morgan fingerprint density at radius 3 is 2.33 bits per heavy atom. The van der Waals surface area contributed by atoms with Crippen molar-refractivity contribution in [3.05, 3.63) is 5.89 Å². The van der Waals surface area contributed by atoms with Crippen molar-refractivity contribution in [2.75, 3.05) is 31.1 Å². The molecule has 116 valence electrons. The van der Waals surface area contributed by atoms with E-state index in [0.717, 1.165) is 62.2 Å². The lowest BCUT2D eigenvalue weighted by molar-refractivity contribution is 0.0858. The summed E-state index contributed by atoms with van der Waals surface area (Å²) in [4.78, 5) is 6.90. The lowest BCUT2D eigenvalue weighted by Gasteiger charge is -2.42. The van der Waals surface area contributed by atoms with Gasteiger partial charge >= 0.3 is 0 Å². The summed E-state index contributed by atoms with van der Waals surface area (Å²) in [6, 6.07) is 0. The predicted molar refractivity (Wildman–Crippen MR) is 81.3 cm³/mol. The zero-order chi connectivity index (χ0) is 14.1. The minimum atomic E-state index is 0.795. The van der Waals surface area contributed by atoms with Crippen molar-refractivity contribution in [3.63, 3.8) is 0 Å². The summed E-state index contributed by atoms with van der Waals surface area (Å²) in [5.74, 6) is 4.30. The smallest absolute Gasteiger partial charge is 0.266 e. The normalized spacial score (nSPS) is 24.1. The highest BCUT2D eigenvalue weighted by molar-refractivity contribution is 5.28. The number of hydrogen-bond acceptors (Lipinski definition) is 5. The van der Waals surface area contributed by atoms with Gasteiger partial charge in [-0.25, -0.2) is 0 Å². The highest BCUT2D eigenvalue weighted by Gasteiger charge is 2.37. The number of hydrogen-bond donors (Lipinski definition) is 1. The topological polar surface area (TPSA) is 54.2 Å². The van der Waals surface area contributed by atoms with Crippen LogP contribution in [0.1, 0.15) is 44.4 Å². The molecule has 5 nitrogen and oxygen atoms in total. The van der Waals surface area contributed by atoms with Crippen LogP contribution in [0.3, 0.4) is 0 Å². The maximum atomic E-state index is 5.56. The van der Waals surface area contributed by atoms with E-state index in [9.17, 15) is 0 Å². The summed E-state index contributed by atoms with van der Waals surface area (Å²) in [6.07, 6.45) is 9.52. The number of nitrogens with one attached hydrogen (secondary N) is 1. The molecule has 1 saturated heterocycles. The van der Waals surface area contributed by atoms with E-state index in [4.69, 9.17) is 4.52 Å². The minimum absolute atomic E-state index is 0.795. The fourth-order valence-corrected chi connectivity index (χ4v) is 3.98. The van der Waals surface area contributed by atoms with E-state index in [0.29, 0.717) is 0 Å². The van der Waals surface area contributed by atoms with Gasteiger partial charge in [-0.2, -0.15) is 4.98 Å². The van der Waals surface area contributed by atoms with Gasteiger partial charge in [-0.1, -0.05) is 38.5 Å². The Morgan fingerprint density at radius 1 is 1.10 bits per heavy atom. The first-order valence-corrected chi connectivity index (χ1v) is 8.68. The van der Waals surface area contributed by atoms with E-state index < -0.39 is 0 Å². The van der Waals surface area contributed by atoms with Gasteiger partial charge in [-0.15, -0.1) is 0 Å². The van der Waals surface area contributed by atoms with Gasteiger partial charge in [0.05, 0.1) is 0 Å². The Kier molecular flexibility index (Phi) is 3.84. The molecule has 3 fully saturated rings. The van der Waals surface area contributed by atoms with Crippen molar-refractivity contribution in [2.24, 2.45) is 17.8 Å². The SMILES string of the molecule is C1CC(C(Cc2nc(N3CCNCC3)no2)C2CCC2)C1. The van der Waals surface area contributed by atoms with Crippen LogP contribution < -0.4 is 10.2 Å². The van der Waals surface area contributed by atoms with Crippen LogP contribution >= 0.6 is 0 Å². The van der Waals surface area contributed by atoms with Gasteiger partial charge < -0.3 is 14.7 Å². The first-order valence-electron chi connectivity index (χ1n) is 8.68. The molecule has 1 aliphatic heterocycles. The van der Waals surface area contributed by atoms with Gasteiger partial charge in [-0.3, -0.25) is 0 Å². The van der Waals surface area contributed by atoms with E-state index in [1.165, 1.54) is 38.5 Å². The molecular weight excluding hydrogens is 264 g/mol. The average molecular weight is 290 g/mol. The van der Waals surface area contributed by atoms with Crippen molar-refractivity contribution >= 4 is 5.95 Å². The summed E-state index contributed by atoms with van der Waals surface area (Å²) in [6.45, 7) is 3.98. The molecule has 21 heavy (non-hydrogen) atoms. The van der Waals surface area contributed by atoms with Crippen molar-refractivity contribution in [2.45, 2.75) is 44.9 Å². The van der Waals surface area contributed by atoms with Crippen LogP contribution in [0, 0.1) is 17.8 Å². The van der Waals surface area contributed by atoms with Crippen LogP contribution in [-0.2, 0) is 6.42 Å². The molecule has 0 aromatic carbocycles. The van der Waals surface area contributed by atoms with Gasteiger partial charge in [0.15, 0.2) is 0 Å². The standard InChI is InChI=1S/C16H26N4O/c1-3-12(4-1)14(13-5-2-6-13)11-15-18-16(19-21-15)20-9-7-17-8-10-20/h12-14,17H,1-11H2. The molecule has 0 atom stereocenters. The summed E-state index contributed by atoms with van der Waals surface area (Å²) in [5.41, 5.74) is 0. The summed E-state index contributed by atoms with van der Waals surface area (Å²) < 4.78 is 5.56. The molecule has 0 radical (unpaired) electrons. The lowest BCUT2D eigenvalue weighted by atomic mass is 9.63. The molecule has 5 heteroatoms. The molecule has 1 aromatic heterocycles. The van der Waals surface area contributed by atoms with Crippen LogP contribution in [0.4, 0.5) is 5.95 Å². The third-order valence-electron chi connectivity index (χ3n) is 5.78. The van der Waals surface area contributed by atoms with Gasteiger partial charge in [0.1, 0.15) is 0 Å². The lowest BCUT2D eigenvalue weighted by Crippen LogP contribution is -2.44. The quantitative estimate of drug-likeness (QED) is 0.901. The van der Waals surface area contributed by atoms with Crippen molar-refractivity contribution in [1.82, 2.24) is 15.5 Å². The molecule has 0 spiro atoms. The van der Waals surface area contributed by atoms with Gasteiger partial charge in [0.2, 0.25) is 5.89 Å². The Bertz CT molecular complexity index is 447. The minimum Gasteiger partial charge on any atom is -0.337 e. The largest absolute Gasteiger partial charge is 0.337 e. The molecule has 1 N–H and O–H groups in total. The van der Waals surface area contributed by atoms with E-state index in [-0.39, 0.29) is 0 Å². The Morgan fingerprint density at radius 2 is 1.76 bits per heavy atom. The molecule has 2 heterocycles. The fraction of sp³-hybridized carbons (Fsp3) is 0.875. The molecule has 3 aliphatic rings. The van der Waals surface area contributed by atoms with E-state index in [2.05, 4.69) is 20.4 Å². The Hall–Kier alpha value is -1.10. The fourth-order valence-electron chi connectivity index (χ4n) is 3.98.